The number of hydrogen-bond donors (Lipinski definition) is 1. The summed E-state index contributed by atoms with van der Waals surface area (Å²) < 4.78 is 6.34. The van der Waals surface area contributed by atoms with Gasteiger partial charge in [-0.2, -0.15) is 0 Å². The molecule has 2 amide bonds. The van der Waals surface area contributed by atoms with Gasteiger partial charge >= 0.3 is 0 Å². The zero-order valence-corrected chi connectivity index (χ0v) is 13.7. The van der Waals surface area contributed by atoms with E-state index < -0.39 is 6.10 Å². The summed E-state index contributed by atoms with van der Waals surface area (Å²) in [5.41, 5.74) is 0.746. The lowest BCUT2D eigenvalue weighted by molar-refractivity contribution is 0.0457. The Kier molecular flexibility index (Phi) is 4.45. The molecular formula is C17H14BrNO4. The van der Waals surface area contributed by atoms with Gasteiger partial charge in [-0.1, -0.05) is 34.1 Å². The van der Waals surface area contributed by atoms with Crippen molar-refractivity contribution in [2.75, 3.05) is 13.2 Å². The van der Waals surface area contributed by atoms with Crippen molar-refractivity contribution in [2.45, 2.75) is 6.10 Å². The van der Waals surface area contributed by atoms with E-state index in [1.165, 1.54) is 0 Å². The van der Waals surface area contributed by atoms with Crippen molar-refractivity contribution in [1.29, 1.82) is 0 Å². The van der Waals surface area contributed by atoms with Gasteiger partial charge in [-0.15, -0.1) is 0 Å². The number of benzene rings is 2. The summed E-state index contributed by atoms with van der Waals surface area (Å²) in [6.07, 6.45) is -0.962. The molecular weight excluding hydrogens is 362 g/mol. The van der Waals surface area contributed by atoms with E-state index in [1.54, 1.807) is 36.4 Å². The Bertz CT molecular complexity index is 727. The highest BCUT2D eigenvalue weighted by atomic mass is 79.9. The Hall–Kier alpha value is -2.18. The zero-order valence-electron chi connectivity index (χ0n) is 12.1. The predicted molar refractivity (Wildman–Crippen MR) is 87.5 cm³/mol. The third-order valence-electron chi connectivity index (χ3n) is 3.51. The summed E-state index contributed by atoms with van der Waals surface area (Å²) in [5.74, 6) is -0.167. The van der Waals surface area contributed by atoms with Gasteiger partial charge in [0.2, 0.25) is 0 Å². The Morgan fingerprint density at radius 3 is 2.30 bits per heavy atom. The van der Waals surface area contributed by atoms with Crippen molar-refractivity contribution >= 4 is 27.7 Å². The number of carbonyl (C=O) groups is 2. The van der Waals surface area contributed by atoms with Gasteiger partial charge in [0.25, 0.3) is 11.8 Å². The van der Waals surface area contributed by atoms with Crippen molar-refractivity contribution in [1.82, 2.24) is 4.90 Å². The topological polar surface area (TPSA) is 66.8 Å². The van der Waals surface area contributed by atoms with Crippen LogP contribution in [0.5, 0.6) is 5.75 Å². The van der Waals surface area contributed by atoms with Crippen LogP contribution in [-0.4, -0.2) is 41.1 Å². The van der Waals surface area contributed by atoms with Crippen LogP contribution in [0.4, 0.5) is 0 Å². The maximum atomic E-state index is 12.2. The number of rotatable bonds is 5. The van der Waals surface area contributed by atoms with Crippen molar-refractivity contribution in [3.63, 3.8) is 0 Å². The Morgan fingerprint density at radius 1 is 1.04 bits per heavy atom. The number of fused-ring (bicyclic) bond motifs is 1. The van der Waals surface area contributed by atoms with Crippen LogP contribution in [0, 0.1) is 0 Å². The van der Waals surface area contributed by atoms with E-state index in [-0.39, 0.29) is 25.0 Å². The van der Waals surface area contributed by atoms with Crippen LogP contribution in [0.1, 0.15) is 20.7 Å². The van der Waals surface area contributed by atoms with Crippen LogP contribution in [-0.2, 0) is 0 Å². The molecule has 0 spiro atoms. The zero-order chi connectivity index (χ0) is 16.4. The monoisotopic (exact) mass is 375 g/mol. The fourth-order valence-electron chi connectivity index (χ4n) is 2.42. The second-order valence-corrected chi connectivity index (χ2v) is 6.10. The summed E-state index contributed by atoms with van der Waals surface area (Å²) in [7, 11) is 0. The van der Waals surface area contributed by atoms with Crippen LogP contribution in [0.3, 0.4) is 0 Å². The van der Waals surface area contributed by atoms with E-state index in [0.29, 0.717) is 16.9 Å². The van der Waals surface area contributed by atoms with Crippen molar-refractivity contribution in [2.24, 2.45) is 0 Å². The maximum absolute atomic E-state index is 12.2. The van der Waals surface area contributed by atoms with Gasteiger partial charge in [-0.3, -0.25) is 14.5 Å². The lowest BCUT2D eigenvalue weighted by Gasteiger charge is -2.18. The number of halogens is 1. The molecule has 0 saturated heterocycles. The molecule has 1 N–H and O–H groups in total. The molecule has 0 fully saturated rings. The highest BCUT2D eigenvalue weighted by molar-refractivity contribution is 9.10. The molecule has 1 aliphatic rings. The maximum Gasteiger partial charge on any atom is 0.261 e. The molecule has 0 saturated carbocycles. The normalized spacial score (nSPS) is 14.8. The number of amides is 2. The molecule has 118 valence electrons. The van der Waals surface area contributed by atoms with Crippen molar-refractivity contribution in [3.05, 3.63) is 64.1 Å². The highest BCUT2D eigenvalue weighted by Gasteiger charge is 2.36. The molecule has 6 heteroatoms. The molecule has 3 rings (SSSR count). The van der Waals surface area contributed by atoms with Gasteiger partial charge in [0.05, 0.1) is 17.7 Å². The molecule has 0 bridgehead atoms. The first-order chi connectivity index (χ1) is 11.1. The molecule has 0 radical (unpaired) electrons. The molecule has 1 aliphatic heterocycles. The third kappa shape index (κ3) is 3.28. The number of hydrogen-bond acceptors (Lipinski definition) is 4. The minimum atomic E-state index is -0.962. The molecule has 1 unspecified atom stereocenters. The minimum absolute atomic E-state index is 0.0101. The number of nitrogens with zero attached hydrogens (tertiary/aromatic N) is 1. The lowest BCUT2D eigenvalue weighted by Crippen LogP contribution is -2.39. The molecule has 23 heavy (non-hydrogen) atoms. The van der Waals surface area contributed by atoms with E-state index in [2.05, 4.69) is 15.9 Å². The molecule has 2 aromatic carbocycles. The second kappa shape index (κ2) is 6.52. The molecule has 1 atom stereocenters. The third-order valence-corrected chi connectivity index (χ3v) is 4.00. The van der Waals surface area contributed by atoms with Crippen LogP contribution in [0.25, 0.3) is 0 Å². The van der Waals surface area contributed by atoms with Crippen molar-refractivity contribution in [3.8, 4) is 5.75 Å². The first-order valence-corrected chi connectivity index (χ1v) is 7.87. The van der Waals surface area contributed by atoms with Crippen LogP contribution in [0.15, 0.2) is 53.0 Å². The van der Waals surface area contributed by atoms with Crippen molar-refractivity contribution < 1.29 is 19.4 Å². The van der Waals surface area contributed by atoms with Gasteiger partial charge in [-0.05, 0) is 30.3 Å². The number of aliphatic hydroxyl groups is 1. The first kappa shape index (κ1) is 15.7. The number of aliphatic hydroxyl groups excluding tert-OH is 1. The summed E-state index contributed by atoms with van der Waals surface area (Å²) >= 11 is 3.33. The molecule has 0 aromatic heterocycles. The molecule has 1 heterocycles. The molecule has 0 aliphatic carbocycles. The number of carbonyl (C=O) groups excluding carboxylic acids is 2. The summed E-state index contributed by atoms with van der Waals surface area (Å²) in [5, 5.41) is 10.1. The van der Waals surface area contributed by atoms with E-state index in [1.807, 2.05) is 12.1 Å². The largest absolute Gasteiger partial charge is 0.491 e. The van der Waals surface area contributed by atoms with Crippen LogP contribution in [0.2, 0.25) is 0 Å². The first-order valence-electron chi connectivity index (χ1n) is 7.08. The molecule has 2 aromatic rings. The Morgan fingerprint density at radius 2 is 1.70 bits per heavy atom. The fourth-order valence-corrected chi connectivity index (χ4v) is 2.80. The van der Waals surface area contributed by atoms with E-state index in [0.717, 1.165) is 9.37 Å². The summed E-state index contributed by atoms with van der Waals surface area (Å²) in [6, 6.07) is 13.9. The summed E-state index contributed by atoms with van der Waals surface area (Å²) in [4.78, 5) is 25.5. The smallest absolute Gasteiger partial charge is 0.261 e. The van der Waals surface area contributed by atoms with Gasteiger partial charge in [0.15, 0.2) is 0 Å². The fraction of sp³-hybridized carbons (Fsp3) is 0.176. The quantitative estimate of drug-likeness (QED) is 0.815. The lowest BCUT2D eigenvalue weighted by atomic mass is 10.1. The standard InChI is InChI=1S/C17H14BrNO4/c18-11-4-3-5-13(8-11)23-10-12(20)9-19-16(21)14-6-1-2-7-15(14)17(19)22/h1-8,12,20H,9-10H2. The van der Waals surface area contributed by atoms with Gasteiger partial charge in [0.1, 0.15) is 18.5 Å². The SMILES string of the molecule is O=C1c2ccccc2C(=O)N1CC(O)COc1cccc(Br)c1. The van der Waals surface area contributed by atoms with Crippen LogP contribution >= 0.6 is 15.9 Å². The minimum Gasteiger partial charge on any atom is -0.491 e. The van der Waals surface area contributed by atoms with E-state index in [4.69, 9.17) is 4.74 Å². The predicted octanol–water partition coefficient (Wildman–Crippen LogP) is 2.49. The van der Waals surface area contributed by atoms with Gasteiger partial charge in [0, 0.05) is 4.47 Å². The number of ether oxygens (including phenoxy) is 1. The van der Waals surface area contributed by atoms with E-state index in [9.17, 15) is 14.7 Å². The highest BCUT2D eigenvalue weighted by Crippen LogP contribution is 2.23. The summed E-state index contributed by atoms with van der Waals surface area (Å²) in [6.45, 7) is -0.107. The van der Waals surface area contributed by atoms with Gasteiger partial charge in [-0.25, -0.2) is 0 Å². The number of β-amino-alcohol motifs (C(OH)–C–C–N with tert-alkyl or cyclic N) is 1. The Labute approximate surface area is 141 Å². The van der Waals surface area contributed by atoms with Gasteiger partial charge < -0.3 is 9.84 Å². The Balaban J connectivity index is 1.62. The average Bonchev–Trinajstić information content (AvgIpc) is 2.79. The van der Waals surface area contributed by atoms with E-state index >= 15 is 0 Å². The second-order valence-electron chi connectivity index (χ2n) is 5.19. The molecule has 5 nitrogen and oxygen atoms in total. The average molecular weight is 376 g/mol. The van der Waals surface area contributed by atoms with Crippen LogP contribution < -0.4 is 4.74 Å². The number of imide groups is 1.